The molecule has 0 spiro atoms. The molecule has 0 heterocycles. The van der Waals surface area contributed by atoms with E-state index < -0.39 is 24.5 Å². The van der Waals surface area contributed by atoms with Crippen LogP contribution in [-0.2, 0) is 0 Å². The molecule has 0 unspecified atom stereocenters. The van der Waals surface area contributed by atoms with Crippen LogP contribution in [0.4, 0.5) is 18.9 Å². The number of nitrogens with one attached hydrogen (secondary N) is 2. The predicted octanol–water partition coefficient (Wildman–Crippen LogP) is 4.43. The molecular formula is C22H25F3N2O5. The minimum absolute atomic E-state index is 0.0574. The van der Waals surface area contributed by atoms with E-state index >= 15 is 0 Å². The summed E-state index contributed by atoms with van der Waals surface area (Å²) in [5.74, 6) is -0.594. The van der Waals surface area contributed by atoms with Crippen LogP contribution in [0, 0.1) is 0 Å². The van der Waals surface area contributed by atoms with E-state index in [1.54, 1.807) is 32.2 Å². The number of carbonyl (C=O) groups excluding carboxylic acids is 2. The van der Waals surface area contributed by atoms with Gasteiger partial charge in [0.2, 0.25) is 5.75 Å². The van der Waals surface area contributed by atoms with E-state index in [4.69, 9.17) is 14.2 Å². The summed E-state index contributed by atoms with van der Waals surface area (Å²) in [4.78, 5) is 25.1. The van der Waals surface area contributed by atoms with Crippen LogP contribution in [0.3, 0.4) is 0 Å². The van der Waals surface area contributed by atoms with Crippen LogP contribution >= 0.6 is 0 Å². The van der Waals surface area contributed by atoms with Gasteiger partial charge in [-0.15, -0.1) is 0 Å². The van der Waals surface area contributed by atoms with Crippen LogP contribution in [0.2, 0.25) is 0 Å². The molecule has 2 amide bonds. The van der Waals surface area contributed by atoms with E-state index in [1.807, 2.05) is 0 Å². The van der Waals surface area contributed by atoms with Gasteiger partial charge in [-0.1, -0.05) is 12.1 Å². The first-order valence-corrected chi connectivity index (χ1v) is 10.0. The number of carbonyl (C=O) groups is 2. The maximum absolute atomic E-state index is 12.9. The van der Waals surface area contributed by atoms with Crippen molar-refractivity contribution in [1.29, 1.82) is 0 Å². The molecule has 32 heavy (non-hydrogen) atoms. The lowest BCUT2D eigenvalue weighted by atomic mass is 10.1. The highest BCUT2D eigenvalue weighted by Gasteiger charge is 2.28. The summed E-state index contributed by atoms with van der Waals surface area (Å²) >= 11 is 0. The SMILES string of the molecule is CCOc1cc(C(=O)Nc2ccccc2C(=O)NCC(F)(F)F)cc(OCC)c1OCC. The number of anilines is 1. The number of ether oxygens (including phenoxy) is 3. The number of hydrogen-bond donors (Lipinski definition) is 2. The maximum Gasteiger partial charge on any atom is 0.405 e. The monoisotopic (exact) mass is 454 g/mol. The minimum atomic E-state index is -4.55. The summed E-state index contributed by atoms with van der Waals surface area (Å²) in [6.45, 7) is 4.86. The summed E-state index contributed by atoms with van der Waals surface area (Å²) in [5.41, 5.74) is 0.110. The molecule has 0 aliphatic carbocycles. The standard InChI is InChI=1S/C22H25F3N2O5/c1-4-30-17-11-14(12-18(31-5-2)19(17)32-6-3)20(28)27-16-10-8-7-9-15(16)21(29)26-13-22(23,24)25/h7-12H,4-6,13H2,1-3H3,(H,26,29)(H,27,28). The summed E-state index contributed by atoms with van der Waals surface area (Å²) in [7, 11) is 0. The van der Waals surface area contributed by atoms with Gasteiger partial charge in [-0.25, -0.2) is 0 Å². The molecule has 2 aromatic rings. The second kappa shape index (κ2) is 11.3. The van der Waals surface area contributed by atoms with Gasteiger partial charge < -0.3 is 24.8 Å². The average molecular weight is 454 g/mol. The van der Waals surface area contributed by atoms with Crippen molar-refractivity contribution in [2.45, 2.75) is 26.9 Å². The first kappa shape index (κ1) is 24.8. The second-order valence-electron chi connectivity index (χ2n) is 6.40. The highest BCUT2D eigenvalue weighted by Crippen LogP contribution is 2.39. The number of benzene rings is 2. The molecule has 0 saturated heterocycles. The third-order valence-electron chi connectivity index (χ3n) is 4.04. The molecular weight excluding hydrogens is 429 g/mol. The van der Waals surface area contributed by atoms with Crippen LogP contribution in [0.1, 0.15) is 41.5 Å². The Morgan fingerprint density at radius 2 is 1.44 bits per heavy atom. The Balaban J connectivity index is 2.34. The first-order valence-electron chi connectivity index (χ1n) is 10.0. The Morgan fingerprint density at radius 3 is 1.97 bits per heavy atom. The van der Waals surface area contributed by atoms with Gasteiger partial charge in [0, 0.05) is 5.56 Å². The van der Waals surface area contributed by atoms with E-state index in [1.165, 1.54) is 30.3 Å². The topological polar surface area (TPSA) is 85.9 Å². The van der Waals surface area contributed by atoms with Crippen LogP contribution in [0.25, 0.3) is 0 Å². The minimum Gasteiger partial charge on any atom is -0.490 e. The molecule has 2 N–H and O–H groups in total. The van der Waals surface area contributed by atoms with Crippen molar-refractivity contribution in [3.63, 3.8) is 0 Å². The fraction of sp³-hybridized carbons (Fsp3) is 0.364. The van der Waals surface area contributed by atoms with Crippen molar-refractivity contribution in [3.05, 3.63) is 47.5 Å². The van der Waals surface area contributed by atoms with Gasteiger partial charge in [0.05, 0.1) is 31.1 Å². The zero-order chi connectivity index (χ0) is 23.7. The normalized spacial score (nSPS) is 10.9. The Kier molecular flexibility index (Phi) is 8.74. The molecule has 0 radical (unpaired) electrons. The third kappa shape index (κ3) is 6.79. The van der Waals surface area contributed by atoms with Crippen LogP contribution in [0.5, 0.6) is 17.2 Å². The third-order valence-corrected chi connectivity index (χ3v) is 4.04. The van der Waals surface area contributed by atoms with Gasteiger partial charge in [-0.05, 0) is 45.0 Å². The molecule has 10 heteroatoms. The lowest BCUT2D eigenvalue weighted by Crippen LogP contribution is -2.34. The number of amides is 2. The van der Waals surface area contributed by atoms with Crippen LogP contribution in [-0.4, -0.2) is 44.4 Å². The van der Waals surface area contributed by atoms with Gasteiger partial charge in [0.15, 0.2) is 11.5 Å². The smallest absolute Gasteiger partial charge is 0.405 e. The molecule has 0 bridgehead atoms. The quantitative estimate of drug-likeness (QED) is 0.555. The second-order valence-corrected chi connectivity index (χ2v) is 6.40. The highest BCUT2D eigenvalue weighted by atomic mass is 19.4. The van der Waals surface area contributed by atoms with Gasteiger partial charge in [-0.3, -0.25) is 9.59 Å². The fourth-order valence-electron chi connectivity index (χ4n) is 2.78. The zero-order valence-corrected chi connectivity index (χ0v) is 18.0. The molecule has 2 rings (SSSR count). The summed E-state index contributed by atoms with van der Waals surface area (Å²) < 4.78 is 54.1. The van der Waals surface area contributed by atoms with Gasteiger partial charge in [0.1, 0.15) is 6.54 Å². The van der Waals surface area contributed by atoms with Crippen molar-refractivity contribution in [2.75, 3.05) is 31.7 Å². The van der Waals surface area contributed by atoms with E-state index in [-0.39, 0.29) is 16.8 Å². The lowest BCUT2D eigenvalue weighted by Gasteiger charge is -2.17. The molecule has 0 aliphatic heterocycles. The van der Waals surface area contributed by atoms with E-state index in [0.717, 1.165) is 0 Å². The van der Waals surface area contributed by atoms with Gasteiger partial charge in [0.25, 0.3) is 11.8 Å². The van der Waals surface area contributed by atoms with Crippen molar-refractivity contribution < 1.29 is 37.0 Å². The average Bonchev–Trinajstić information content (AvgIpc) is 2.74. The number of rotatable bonds is 10. The molecule has 2 aromatic carbocycles. The number of alkyl halides is 3. The van der Waals surface area contributed by atoms with Crippen molar-refractivity contribution in [3.8, 4) is 17.2 Å². The fourth-order valence-corrected chi connectivity index (χ4v) is 2.78. The zero-order valence-electron chi connectivity index (χ0n) is 18.0. The Labute approximate surface area is 183 Å². The molecule has 0 aromatic heterocycles. The predicted molar refractivity (Wildman–Crippen MR) is 113 cm³/mol. The molecule has 0 aliphatic rings. The number of para-hydroxylation sites is 1. The van der Waals surface area contributed by atoms with Gasteiger partial charge in [-0.2, -0.15) is 13.2 Å². The first-order chi connectivity index (χ1) is 15.2. The number of halogens is 3. The van der Waals surface area contributed by atoms with Crippen molar-refractivity contribution in [2.24, 2.45) is 0 Å². The largest absolute Gasteiger partial charge is 0.490 e. The maximum atomic E-state index is 12.9. The summed E-state index contributed by atoms with van der Waals surface area (Å²) in [6, 6.07) is 8.71. The molecule has 0 saturated carbocycles. The van der Waals surface area contributed by atoms with Gasteiger partial charge >= 0.3 is 6.18 Å². The molecule has 0 atom stereocenters. The van der Waals surface area contributed by atoms with Crippen LogP contribution < -0.4 is 24.8 Å². The van der Waals surface area contributed by atoms with E-state index in [9.17, 15) is 22.8 Å². The molecule has 7 nitrogen and oxygen atoms in total. The Bertz CT molecular complexity index is 920. The molecule has 174 valence electrons. The Hall–Kier alpha value is -3.43. The molecule has 0 fully saturated rings. The Morgan fingerprint density at radius 1 is 0.875 bits per heavy atom. The van der Waals surface area contributed by atoms with E-state index in [0.29, 0.717) is 37.1 Å². The highest BCUT2D eigenvalue weighted by molar-refractivity contribution is 6.09. The van der Waals surface area contributed by atoms with E-state index in [2.05, 4.69) is 5.32 Å². The van der Waals surface area contributed by atoms with Crippen molar-refractivity contribution in [1.82, 2.24) is 5.32 Å². The number of hydrogen-bond acceptors (Lipinski definition) is 5. The summed E-state index contributed by atoms with van der Waals surface area (Å²) in [5, 5.41) is 4.36. The van der Waals surface area contributed by atoms with Crippen LogP contribution in [0.15, 0.2) is 36.4 Å². The van der Waals surface area contributed by atoms with Crippen molar-refractivity contribution >= 4 is 17.5 Å². The summed E-state index contributed by atoms with van der Waals surface area (Å²) in [6.07, 6.45) is -4.55. The lowest BCUT2D eigenvalue weighted by molar-refractivity contribution is -0.123.